The summed E-state index contributed by atoms with van der Waals surface area (Å²) in [6, 6.07) is 3.92. The minimum absolute atomic E-state index is 0.134. The predicted molar refractivity (Wildman–Crippen MR) is 94.7 cm³/mol. The van der Waals surface area contributed by atoms with E-state index in [2.05, 4.69) is 20.0 Å². The minimum atomic E-state index is -0.234. The molecule has 1 atom stereocenters. The molecule has 8 nitrogen and oxygen atoms in total. The summed E-state index contributed by atoms with van der Waals surface area (Å²) in [5, 5.41) is 3.97. The number of aryl methyl sites for hydroxylation is 1. The van der Waals surface area contributed by atoms with Crippen LogP contribution in [0.25, 0.3) is 11.4 Å². The molecule has 8 heteroatoms. The Bertz CT molecular complexity index is 746. The van der Waals surface area contributed by atoms with Gasteiger partial charge in [-0.15, -0.1) is 0 Å². The minimum Gasteiger partial charge on any atom is -0.368 e. The highest BCUT2D eigenvalue weighted by atomic mass is 16.5. The van der Waals surface area contributed by atoms with Crippen molar-refractivity contribution >= 4 is 11.7 Å². The van der Waals surface area contributed by atoms with Crippen LogP contribution in [0, 0.1) is 0 Å². The van der Waals surface area contributed by atoms with Crippen molar-refractivity contribution in [3.05, 3.63) is 24.2 Å². The maximum absolute atomic E-state index is 12.4. The summed E-state index contributed by atoms with van der Waals surface area (Å²) >= 11 is 0. The first-order chi connectivity index (χ1) is 12.7. The maximum atomic E-state index is 12.4. The number of hydrogen-bond acceptors (Lipinski definition) is 7. The number of hydrogen-bond donors (Lipinski definition) is 0. The normalized spacial score (nSPS) is 20.6. The van der Waals surface area contributed by atoms with Crippen molar-refractivity contribution in [2.75, 3.05) is 37.7 Å². The van der Waals surface area contributed by atoms with Crippen molar-refractivity contribution in [3.63, 3.8) is 0 Å². The second-order valence-electron chi connectivity index (χ2n) is 6.58. The summed E-state index contributed by atoms with van der Waals surface area (Å²) in [6.45, 7) is 5.62. The Hall–Kier alpha value is -2.48. The number of carbonyl (C=O) groups excluding carboxylic acids is 1. The first-order valence-corrected chi connectivity index (χ1v) is 9.19. The second-order valence-corrected chi connectivity index (χ2v) is 6.58. The molecule has 2 aromatic heterocycles. The molecular formula is C18H23N5O3. The monoisotopic (exact) mass is 357 g/mol. The molecule has 4 heterocycles. The zero-order valence-corrected chi connectivity index (χ0v) is 14.9. The van der Waals surface area contributed by atoms with E-state index in [-0.39, 0.29) is 12.0 Å². The van der Waals surface area contributed by atoms with Crippen molar-refractivity contribution in [1.29, 1.82) is 0 Å². The standard InChI is InChI=1S/C18H23N5O3/c1-2-16-20-17(21-26-16)13-5-6-15(19-12-13)22-7-9-23(10-8-22)18(24)14-4-3-11-25-14/h5-6,12,14H,2-4,7-11H2,1H3/t14-/m0/s1. The molecular weight excluding hydrogens is 334 g/mol. The molecule has 0 bridgehead atoms. The van der Waals surface area contributed by atoms with Gasteiger partial charge in [0.05, 0.1) is 0 Å². The first kappa shape index (κ1) is 17.0. The highest BCUT2D eigenvalue weighted by Gasteiger charge is 2.30. The quantitative estimate of drug-likeness (QED) is 0.820. The lowest BCUT2D eigenvalue weighted by atomic mass is 10.2. The average Bonchev–Trinajstić information content (AvgIpc) is 3.40. The Morgan fingerprint density at radius 3 is 2.73 bits per heavy atom. The Balaban J connectivity index is 1.36. The average molecular weight is 357 g/mol. The summed E-state index contributed by atoms with van der Waals surface area (Å²) in [4.78, 5) is 25.4. The number of pyridine rings is 1. The van der Waals surface area contributed by atoms with Crippen LogP contribution in [0.5, 0.6) is 0 Å². The lowest BCUT2D eigenvalue weighted by molar-refractivity contribution is -0.141. The van der Waals surface area contributed by atoms with Crippen LogP contribution in [0.3, 0.4) is 0 Å². The Morgan fingerprint density at radius 2 is 2.12 bits per heavy atom. The van der Waals surface area contributed by atoms with Crippen LogP contribution in [0.2, 0.25) is 0 Å². The van der Waals surface area contributed by atoms with Gasteiger partial charge in [0.2, 0.25) is 11.7 Å². The molecule has 0 unspecified atom stereocenters. The summed E-state index contributed by atoms with van der Waals surface area (Å²) < 4.78 is 10.7. The van der Waals surface area contributed by atoms with Crippen molar-refractivity contribution in [2.24, 2.45) is 0 Å². The molecule has 1 amide bonds. The zero-order valence-electron chi connectivity index (χ0n) is 14.9. The van der Waals surface area contributed by atoms with Gasteiger partial charge in [-0.3, -0.25) is 4.79 Å². The third-order valence-corrected chi connectivity index (χ3v) is 4.90. The number of nitrogens with zero attached hydrogens (tertiary/aromatic N) is 5. The first-order valence-electron chi connectivity index (χ1n) is 9.19. The maximum Gasteiger partial charge on any atom is 0.251 e. The molecule has 0 aromatic carbocycles. The van der Waals surface area contributed by atoms with E-state index >= 15 is 0 Å². The third kappa shape index (κ3) is 3.41. The fourth-order valence-corrected chi connectivity index (χ4v) is 3.35. The van der Waals surface area contributed by atoms with E-state index in [0.717, 1.165) is 37.3 Å². The van der Waals surface area contributed by atoms with Gasteiger partial charge in [0.1, 0.15) is 11.9 Å². The van der Waals surface area contributed by atoms with Crippen LogP contribution in [-0.4, -0.2) is 64.8 Å². The molecule has 2 saturated heterocycles. The lowest BCUT2D eigenvalue weighted by Gasteiger charge is -2.36. The number of ether oxygens (including phenoxy) is 1. The molecule has 26 heavy (non-hydrogen) atoms. The summed E-state index contributed by atoms with van der Waals surface area (Å²) in [5.41, 5.74) is 0.837. The van der Waals surface area contributed by atoms with E-state index in [1.165, 1.54) is 0 Å². The molecule has 0 spiro atoms. The highest BCUT2D eigenvalue weighted by Crippen LogP contribution is 2.21. The fourth-order valence-electron chi connectivity index (χ4n) is 3.35. The SMILES string of the molecule is CCc1nc(-c2ccc(N3CCN(C(=O)[C@@H]4CCCO4)CC3)nc2)no1. The molecule has 2 aliphatic rings. The van der Waals surface area contributed by atoms with E-state index in [0.29, 0.717) is 37.8 Å². The number of piperazine rings is 1. The number of carbonyl (C=O) groups is 1. The summed E-state index contributed by atoms with van der Waals surface area (Å²) in [7, 11) is 0. The van der Waals surface area contributed by atoms with Crippen LogP contribution in [-0.2, 0) is 16.0 Å². The van der Waals surface area contributed by atoms with Gasteiger partial charge >= 0.3 is 0 Å². The van der Waals surface area contributed by atoms with Gasteiger partial charge in [-0.05, 0) is 25.0 Å². The van der Waals surface area contributed by atoms with Gasteiger partial charge in [0, 0.05) is 51.0 Å². The Morgan fingerprint density at radius 1 is 1.27 bits per heavy atom. The molecule has 2 aliphatic heterocycles. The topological polar surface area (TPSA) is 84.6 Å². The molecule has 0 saturated carbocycles. The van der Waals surface area contributed by atoms with Crippen molar-refractivity contribution in [1.82, 2.24) is 20.0 Å². The van der Waals surface area contributed by atoms with Crippen LogP contribution in [0.4, 0.5) is 5.82 Å². The van der Waals surface area contributed by atoms with Gasteiger partial charge in [-0.2, -0.15) is 4.98 Å². The summed E-state index contributed by atoms with van der Waals surface area (Å²) in [6.07, 6.45) is 4.07. The van der Waals surface area contributed by atoms with Gasteiger partial charge in [0.25, 0.3) is 5.91 Å². The highest BCUT2D eigenvalue weighted by molar-refractivity contribution is 5.81. The van der Waals surface area contributed by atoms with Gasteiger partial charge < -0.3 is 19.1 Å². The zero-order chi connectivity index (χ0) is 17.9. The smallest absolute Gasteiger partial charge is 0.251 e. The Labute approximate surface area is 152 Å². The van der Waals surface area contributed by atoms with Gasteiger partial charge in [0.15, 0.2) is 0 Å². The largest absolute Gasteiger partial charge is 0.368 e. The molecule has 138 valence electrons. The molecule has 0 aliphatic carbocycles. The predicted octanol–water partition coefficient (Wildman–Crippen LogP) is 1.52. The van der Waals surface area contributed by atoms with E-state index in [4.69, 9.17) is 9.26 Å². The molecule has 2 aromatic rings. The fraction of sp³-hybridized carbons (Fsp3) is 0.556. The van der Waals surface area contributed by atoms with Gasteiger partial charge in [-0.1, -0.05) is 12.1 Å². The van der Waals surface area contributed by atoms with Crippen LogP contribution in [0.15, 0.2) is 22.9 Å². The summed E-state index contributed by atoms with van der Waals surface area (Å²) in [5.74, 6) is 2.22. The van der Waals surface area contributed by atoms with E-state index in [1.807, 2.05) is 24.0 Å². The molecule has 2 fully saturated rings. The van der Waals surface area contributed by atoms with E-state index in [9.17, 15) is 4.79 Å². The van der Waals surface area contributed by atoms with Crippen molar-refractivity contribution in [3.8, 4) is 11.4 Å². The van der Waals surface area contributed by atoms with Crippen LogP contribution in [0.1, 0.15) is 25.7 Å². The molecule has 0 N–H and O–H groups in total. The lowest BCUT2D eigenvalue weighted by Crippen LogP contribution is -2.51. The number of anilines is 1. The van der Waals surface area contributed by atoms with Crippen LogP contribution < -0.4 is 4.90 Å². The molecule has 0 radical (unpaired) electrons. The van der Waals surface area contributed by atoms with Crippen molar-refractivity contribution < 1.29 is 14.1 Å². The number of rotatable bonds is 4. The number of amides is 1. The second kappa shape index (κ2) is 7.41. The Kier molecular flexibility index (Phi) is 4.83. The molecule has 4 rings (SSSR count). The third-order valence-electron chi connectivity index (χ3n) is 4.90. The van der Waals surface area contributed by atoms with E-state index < -0.39 is 0 Å². The van der Waals surface area contributed by atoms with Gasteiger partial charge in [-0.25, -0.2) is 4.98 Å². The van der Waals surface area contributed by atoms with E-state index in [1.54, 1.807) is 6.20 Å². The van der Waals surface area contributed by atoms with Crippen molar-refractivity contribution in [2.45, 2.75) is 32.3 Å². The van der Waals surface area contributed by atoms with Crippen LogP contribution >= 0.6 is 0 Å². The number of aromatic nitrogens is 3.